The van der Waals surface area contributed by atoms with E-state index in [0.29, 0.717) is 18.4 Å². The van der Waals surface area contributed by atoms with Crippen molar-refractivity contribution in [1.82, 2.24) is 10.1 Å². The largest absolute Gasteiger partial charge is 0.339 e. The Morgan fingerprint density at radius 2 is 2.13 bits per heavy atom. The molecule has 1 atom stereocenters. The zero-order valence-corrected chi connectivity index (χ0v) is 10.1. The van der Waals surface area contributed by atoms with Gasteiger partial charge >= 0.3 is 0 Å². The fourth-order valence-electron chi connectivity index (χ4n) is 1.33. The predicted molar refractivity (Wildman–Crippen MR) is 59.5 cm³/mol. The summed E-state index contributed by atoms with van der Waals surface area (Å²) in [5.74, 6) is 2.00. The Morgan fingerprint density at radius 1 is 1.47 bits per heavy atom. The second kappa shape index (κ2) is 4.75. The molecule has 2 N–H and O–H groups in total. The monoisotopic (exact) mass is 211 g/mol. The van der Waals surface area contributed by atoms with Crippen LogP contribution < -0.4 is 5.73 Å². The zero-order valence-electron chi connectivity index (χ0n) is 10.1. The van der Waals surface area contributed by atoms with E-state index in [1.807, 2.05) is 0 Å². The van der Waals surface area contributed by atoms with E-state index in [2.05, 4.69) is 37.8 Å². The van der Waals surface area contributed by atoms with Gasteiger partial charge in [0.1, 0.15) is 0 Å². The highest BCUT2D eigenvalue weighted by molar-refractivity contribution is 5.03. The lowest BCUT2D eigenvalue weighted by Gasteiger charge is -2.20. The Labute approximate surface area is 91.2 Å². The summed E-state index contributed by atoms with van der Waals surface area (Å²) in [7, 11) is 0. The van der Waals surface area contributed by atoms with Gasteiger partial charge in [-0.05, 0) is 19.3 Å². The molecular formula is C11H21N3O. The summed E-state index contributed by atoms with van der Waals surface area (Å²) in [6.07, 6.45) is 1.76. The smallest absolute Gasteiger partial charge is 0.233 e. The van der Waals surface area contributed by atoms with Crippen LogP contribution in [0.15, 0.2) is 4.52 Å². The van der Waals surface area contributed by atoms with E-state index in [9.17, 15) is 0 Å². The second-order valence-electron chi connectivity index (χ2n) is 4.73. The molecule has 0 radical (unpaired) electrons. The van der Waals surface area contributed by atoms with Crippen molar-refractivity contribution in [3.63, 3.8) is 0 Å². The van der Waals surface area contributed by atoms with E-state index in [1.165, 1.54) is 0 Å². The van der Waals surface area contributed by atoms with Crippen LogP contribution in [-0.4, -0.2) is 16.7 Å². The molecule has 0 saturated heterocycles. The van der Waals surface area contributed by atoms with Crippen molar-refractivity contribution >= 4 is 0 Å². The van der Waals surface area contributed by atoms with Crippen molar-refractivity contribution in [2.45, 2.75) is 46.0 Å². The molecular weight excluding hydrogens is 190 g/mol. The average Bonchev–Trinajstić information content (AvgIpc) is 2.64. The highest BCUT2D eigenvalue weighted by Crippen LogP contribution is 2.24. The van der Waals surface area contributed by atoms with E-state index in [1.54, 1.807) is 0 Å². The first kappa shape index (κ1) is 12.2. The van der Waals surface area contributed by atoms with E-state index in [0.717, 1.165) is 18.7 Å². The fourth-order valence-corrected chi connectivity index (χ4v) is 1.33. The average molecular weight is 211 g/mol. The molecule has 1 aromatic rings. The lowest BCUT2D eigenvalue weighted by atomic mass is 9.88. The molecule has 86 valence electrons. The molecule has 15 heavy (non-hydrogen) atoms. The number of nitrogens with two attached hydrogens (primary N) is 1. The van der Waals surface area contributed by atoms with Gasteiger partial charge in [0.25, 0.3) is 0 Å². The molecule has 0 aliphatic rings. The van der Waals surface area contributed by atoms with Crippen LogP contribution in [0.1, 0.15) is 45.8 Å². The van der Waals surface area contributed by atoms with E-state index in [4.69, 9.17) is 10.3 Å². The number of hydrogen-bond donors (Lipinski definition) is 1. The minimum absolute atomic E-state index is 0.178. The standard InChI is InChI=1S/C11H21N3O/c1-5-11(4,7-12)10-13-9(14-15-10)6-8(2)3/h8H,5-7,12H2,1-4H3. The van der Waals surface area contributed by atoms with Crippen LogP contribution in [0.3, 0.4) is 0 Å². The van der Waals surface area contributed by atoms with Crippen LogP contribution in [0.25, 0.3) is 0 Å². The molecule has 4 heteroatoms. The highest BCUT2D eigenvalue weighted by atomic mass is 16.5. The van der Waals surface area contributed by atoms with Crippen molar-refractivity contribution in [3.8, 4) is 0 Å². The van der Waals surface area contributed by atoms with Crippen LogP contribution in [-0.2, 0) is 11.8 Å². The molecule has 0 aromatic carbocycles. The maximum Gasteiger partial charge on any atom is 0.233 e. The van der Waals surface area contributed by atoms with E-state index < -0.39 is 0 Å². The van der Waals surface area contributed by atoms with Crippen molar-refractivity contribution in [1.29, 1.82) is 0 Å². The highest BCUT2D eigenvalue weighted by Gasteiger charge is 2.29. The van der Waals surface area contributed by atoms with Gasteiger partial charge < -0.3 is 10.3 Å². The van der Waals surface area contributed by atoms with Crippen molar-refractivity contribution < 1.29 is 4.52 Å². The van der Waals surface area contributed by atoms with Gasteiger partial charge in [-0.1, -0.05) is 25.9 Å². The first-order valence-electron chi connectivity index (χ1n) is 5.55. The normalized spacial score (nSPS) is 15.6. The first-order chi connectivity index (χ1) is 7.01. The number of aromatic nitrogens is 2. The molecule has 0 amide bonds. The summed E-state index contributed by atoms with van der Waals surface area (Å²) in [6.45, 7) is 8.95. The SMILES string of the molecule is CCC(C)(CN)c1nc(CC(C)C)no1. The predicted octanol–water partition coefficient (Wildman–Crippen LogP) is 1.89. The molecule has 0 bridgehead atoms. The van der Waals surface area contributed by atoms with Crippen LogP contribution in [0.5, 0.6) is 0 Å². The van der Waals surface area contributed by atoms with Crippen LogP contribution >= 0.6 is 0 Å². The van der Waals surface area contributed by atoms with E-state index in [-0.39, 0.29) is 5.41 Å². The fraction of sp³-hybridized carbons (Fsp3) is 0.818. The molecule has 0 saturated carbocycles. The topological polar surface area (TPSA) is 64.9 Å². The van der Waals surface area contributed by atoms with Crippen molar-refractivity contribution in [3.05, 3.63) is 11.7 Å². The van der Waals surface area contributed by atoms with Gasteiger partial charge in [0.05, 0.1) is 5.41 Å². The molecule has 1 aromatic heterocycles. The number of rotatable bonds is 5. The molecule has 1 heterocycles. The van der Waals surface area contributed by atoms with E-state index >= 15 is 0 Å². The Hall–Kier alpha value is -0.900. The molecule has 1 unspecified atom stereocenters. The lowest BCUT2D eigenvalue weighted by molar-refractivity contribution is 0.289. The maximum absolute atomic E-state index is 5.73. The van der Waals surface area contributed by atoms with Gasteiger partial charge in [0.15, 0.2) is 5.82 Å². The second-order valence-corrected chi connectivity index (χ2v) is 4.73. The molecule has 0 aliphatic carbocycles. The quantitative estimate of drug-likeness (QED) is 0.807. The van der Waals surface area contributed by atoms with Crippen molar-refractivity contribution in [2.24, 2.45) is 11.7 Å². The molecule has 0 aliphatic heterocycles. The Bertz CT molecular complexity index is 303. The van der Waals surface area contributed by atoms with Gasteiger partial charge in [0, 0.05) is 13.0 Å². The Balaban J connectivity index is 2.83. The molecule has 0 spiro atoms. The third-order valence-corrected chi connectivity index (χ3v) is 2.81. The third-order valence-electron chi connectivity index (χ3n) is 2.81. The van der Waals surface area contributed by atoms with Crippen LogP contribution in [0, 0.1) is 5.92 Å². The van der Waals surface area contributed by atoms with Gasteiger partial charge in [-0.3, -0.25) is 0 Å². The minimum Gasteiger partial charge on any atom is -0.339 e. The zero-order chi connectivity index (χ0) is 11.5. The molecule has 4 nitrogen and oxygen atoms in total. The Kier molecular flexibility index (Phi) is 3.85. The molecule has 0 fully saturated rings. The van der Waals surface area contributed by atoms with Crippen LogP contribution in [0.4, 0.5) is 0 Å². The number of hydrogen-bond acceptors (Lipinski definition) is 4. The number of nitrogens with zero attached hydrogens (tertiary/aromatic N) is 2. The minimum atomic E-state index is -0.178. The lowest BCUT2D eigenvalue weighted by Crippen LogP contribution is -2.31. The van der Waals surface area contributed by atoms with Crippen LogP contribution in [0.2, 0.25) is 0 Å². The summed E-state index contributed by atoms with van der Waals surface area (Å²) in [5.41, 5.74) is 5.55. The summed E-state index contributed by atoms with van der Waals surface area (Å²) >= 11 is 0. The third kappa shape index (κ3) is 2.78. The van der Waals surface area contributed by atoms with Gasteiger partial charge in [0.2, 0.25) is 5.89 Å². The van der Waals surface area contributed by atoms with Gasteiger partial charge in [-0.15, -0.1) is 0 Å². The summed E-state index contributed by atoms with van der Waals surface area (Å²) in [5, 5.41) is 3.98. The first-order valence-corrected chi connectivity index (χ1v) is 5.55. The maximum atomic E-state index is 5.73. The molecule has 1 rings (SSSR count). The van der Waals surface area contributed by atoms with Crippen molar-refractivity contribution in [2.75, 3.05) is 6.54 Å². The summed E-state index contributed by atoms with van der Waals surface area (Å²) < 4.78 is 5.27. The summed E-state index contributed by atoms with van der Waals surface area (Å²) in [4.78, 5) is 4.41. The summed E-state index contributed by atoms with van der Waals surface area (Å²) in [6, 6.07) is 0. The van der Waals surface area contributed by atoms with Gasteiger partial charge in [-0.25, -0.2) is 0 Å². The Morgan fingerprint density at radius 3 is 2.60 bits per heavy atom. The van der Waals surface area contributed by atoms with Gasteiger partial charge in [-0.2, -0.15) is 4.98 Å².